The molecule has 9 nitrogen and oxygen atoms in total. The molecule has 1 saturated carbocycles. The fraction of sp³-hybridized carbons (Fsp3) is 0.409. The number of nitrogens with one attached hydrogen (secondary N) is 1. The molecule has 6 rings (SSSR count). The number of hydrogen-bond acceptors (Lipinski definition) is 7. The van der Waals surface area contributed by atoms with E-state index in [1.165, 1.54) is 0 Å². The second-order valence-corrected chi connectivity index (χ2v) is 10.9. The van der Waals surface area contributed by atoms with Gasteiger partial charge in [0, 0.05) is 23.4 Å². The molecule has 2 fully saturated rings. The number of nitrogens with zero attached hydrogens (tertiary/aromatic N) is 3. The van der Waals surface area contributed by atoms with Gasteiger partial charge in [0.25, 0.3) is 5.91 Å². The second-order valence-electron chi connectivity index (χ2n) is 8.68. The highest BCUT2D eigenvalue weighted by molar-refractivity contribution is 7.91. The van der Waals surface area contributed by atoms with Crippen LogP contribution in [-0.2, 0) is 9.84 Å². The van der Waals surface area contributed by atoms with Crippen molar-refractivity contribution in [1.29, 1.82) is 0 Å². The molecule has 1 atom stereocenters. The van der Waals surface area contributed by atoms with Gasteiger partial charge in [0.2, 0.25) is 6.79 Å². The van der Waals surface area contributed by atoms with Crippen molar-refractivity contribution < 1.29 is 22.7 Å². The number of fused-ring (bicyclic) bond motifs is 2. The number of carbonyl (C=O) groups excluding carboxylic acids is 1. The summed E-state index contributed by atoms with van der Waals surface area (Å²) in [6.45, 7) is 2.00. The molecular weight excluding hydrogens is 432 g/mol. The minimum atomic E-state index is -3.08. The lowest BCUT2D eigenvalue weighted by molar-refractivity contribution is 0.102. The molecule has 10 heteroatoms. The normalized spacial score (nSPS) is 21.2. The van der Waals surface area contributed by atoms with Crippen LogP contribution in [0, 0.1) is 6.92 Å². The van der Waals surface area contributed by atoms with Crippen LogP contribution in [0.15, 0.2) is 24.3 Å². The number of amides is 1. The zero-order valence-corrected chi connectivity index (χ0v) is 18.3. The molecule has 0 spiro atoms. The molecule has 1 aromatic carbocycles. The van der Waals surface area contributed by atoms with E-state index in [4.69, 9.17) is 14.5 Å². The van der Waals surface area contributed by atoms with Gasteiger partial charge in [-0.25, -0.2) is 18.1 Å². The molecule has 166 valence electrons. The summed E-state index contributed by atoms with van der Waals surface area (Å²) in [6.07, 6.45) is 2.58. The third-order valence-corrected chi connectivity index (χ3v) is 8.03. The standard InChI is InChI=1S/C22H22N4O5S/c1-12-20-16(22(27)23-14-4-5-18-19(8-14)31-11-30-18)9-17(13-2-3-13)24-21(20)26(25-12)15-6-7-32(28,29)10-15/h4-5,8-9,13,15H,2-3,6-7,10-11H2,1H3,(H,23,27). The lowest BCUT2D eigenvalue weighted by Crippen LogP contribution is -2.15. The van der Waals surface area contributed by atoms with Crippen molar-refractivity contribution in [3.8, 4) is 11.5 Å². The number of aromatic nitrogens is 3. The van der Waals surface area contributed by atoms with Crippen LogP contribution in [0.3, 0.4) is 0 Å². The van der Waals surface area contributed by atoms with Crippen LogP contribution in [0.25, 0.3) is 11.0 Å². The van der Waals surface area contributed by atoms with Crippen LogP contribution in [0.4, 0.5) is 5.69 Å². The Bertz CT molecular complexity index is 1380. The molecule has 3 aliphatic rings. The van der Waals surface area contributed by atoms with Gasteiger partial charge in [-0.15, -0.1) is 0 Å². The van der Waals surface area contributed by atoms with Gasteiger partial charge >= 0.3 is 0 Å². The van der Waals surface area contributed by atoms with E-state index in [9.17, 15) is 13.2 Å². The number of hydrogen-bond donors (Lipinski definition) is 1. The average molecular weight is 455 g/mol. The Kier molecular flexibility index (Phi) is 4.23. The predicted molar refractivity (Wildman–Crippen MR) is 117 cm³/mol. The maximum absolute atomic E-state index is 13.4. The van der Waals surface area contributed by atoms with E-state index in [0.29, 0.717) is 51.8 Å². The van der Waals surface area contributed by atoms with Crippen LogP contribution >= 0.6 is 0 Å². The first-order valence-corrected chi connectivity index (χ1v) is 12.5. The Morgan fingerprint density at radius 3 is 2.72 bits per heavy atom. The van der Waals surface area contributed by atoms with Gasteiger partial charge in [0.1, 0.15) is 0 Å². The highest BCUT2D eigenvalue weighted by Gasteiger charge is 2.34. The fourth-order valence-corrected chi connectivity index (χ4v) is 6.19. The van der Waals surface area contributed by atoms with Crippen molar-refractivity contribution in [2.45, 2.75) is 38.1 Å². The van der Waals surface area contributed by atoms with Crippen molar-refractivity contribution in [3.63, 3.8) is 0 Å². The molecule has 1 unspecified atom stereocenters. The third-order valence-electron chi connectivity index (χ3n) is 6.28. The second kappa shape index (κ2) is 6.93. The molecule has 1 N–H and O–H groups in total. The first kappa shape index (κ1) is 19.5. The third kappa shape index (κ3) is 3.29. The summed E-state index contributed by atoms with van der Waals surface area (Å²) in [5.74, 6) is 1.50. The smallest absolute Gasteiger partial charge is 0.256 e. The molecule has 0 bridgehead atoms. The summed E-state index contributed by atoms with van der Waals surface area (Å²) in [6, 6.07) is 6.86. The van der Waals surface area contributed by atoms with Crippen LogP contribution in [0.5, 0.6) is 11.5 Å². The largest absolute Gasteiger partial charge is 0.454 e. The zero-order valence-electron chi connectivity index (χ0n) is 17.5. The lowest BCUT2D eigenvalue weighted by atomic mass is 10.1. The summed E-state index contributed by atoms with van der Waals surface area (Å²) in [7, 11) is -3.08. The highest BCUT2D eigenvalue weighted by atomic mass is 32.2. The molecule has 1 aliphatic carbocycles. The van der Waals surface area contributed by atoms with E-state index in [1.807, 2.05) is 13.0 Å². The average Bonchev–Trinajstić information content (AvgIpc) is 3.27. The fourth-order valence-electron chi connectivity index (χ4n) is 4.50. The number of aryl methyl sites for hydroxylation is 1. The Morgan fingerprint density at radius 2 is 1.97 bits per heavy atom. The highest BCUT2D eigenvalue weighted by Crippen LogP contribution is 2.41. The summed E-state index contributed by atoms with van der Waals surface area (Å²) in [5, 5.41) is 8.24. The van der Waals surface area contributed by atoms with E-state index < -0.39 is 9.84 Å². The number of benzene rings is 1. The summed E-state index contributed by atoms with van der Waals surface area (Å²) in [4.78, 5) is 18.2. The molecular formula is C22H22N4O5S. The quantitative estimate of drug-likeness (QED) is 0.645. The van der Waals surface area contributed by atoms with Gasteiger partial charge in [0.15, 0.2) is 27.0 Å². The monoisotopic (exact) mass is 454 g/mol. The predicted octanol–water partition coefficient (Wildman–Crippen LogP) is 2.96. The lowest BCUT2D eigenvalue weighted by Gasteiger charge is -2.12. The molecule has 3 aromatic rings. The van der Waals surface area contributed by atoms with E-state index in [0.717, 1.165) is 18.5 Å². The van der Waals surface area contributed by atoms with Gasteiger partial charge in [-0.1, -0.05) is 0 Å². The number of ether oxygens (including phenoxy) is 2. The Labute approximate surface area is 184 Å². The first-order valence-electron chi connectivity index (χ1n) is 10.7. The number of anilines is 1. The van der Waals surface area contributed by atoms with Crippen molar-refractivity contribution in [1.82, 2.24) is 14.8 Å². The number of sulfone groups is 1. The van der Waals surface area contributed by atoms with E-state index in [-0.39, 0.29) is 30.2 Å². The van der Waals surface area contributed by atoms with Crippen LogP contribution in [0.1, 0.15) is 53.0 Å². The van der Waals surface area contributed by atoms with Gasteiger partial charge in [-0.3, -0.25) is 4.79 Å². The molecule has 1 amide bonds. The number of carbonyl (C=O) groups is 1. The molecule has 32 heavy (non-hydrogen) atoms. The van der Waals surface area contributed by atoms with Crippen LogP contribution in [0.2, 0.25) is 0 Å². The van der Waals surface area contributed by atoms with Crippen molar-refractivity contribution in [2.24, 2.45) is 0 Å². The van der Waals surface area contributed by atoms with Crippen molar-refractivity contribution >= 4 is 32.5 Å². The zero-order chi connectivity index (χ0) is 22.0. The summed E-state index contributed by atoms with van der Waals surface area (Å²) < 4.78 is 36.6. The minimum absolute atomic E-state index is 0.0529. The first-order chi connectivity index (χ1) is 15.4. The SMILES string of the molecule is Cc1nn(C2CCS(=O)(=O)C2)c2nc(C3CC3)cc(C(=O)Nc3ccc4c(c3)OCO4)c12. The van der Waals surface area contributed by atoms with E-state index in [2.05, 4.69) is 10.4 Å². The van der Waals surface area contributed by atoms with Gasteiger partial charge in [0.05, 0.1) is 34.2 Å². The molecule has 2 aliphatic heterocycles. The number of pyridine rings is 1. The number of rotatable bonds is 4. The van der Waals surface area contributed by atoms with Gasteiger partial charge in [-0.05, 0) is 44.4 Å². The molecule has 1 saturated heterocycles. The summed E-state index contributed by atoms with van der Waals surface area (Å²) >= 11 is 0. The molecule has 4 heterocycles. The molecule has 0 radical (unpaired) electrons. The maximum Gasteiger partial charge on any atom is 0.256 e. The van der Waals surface area contributed by atoms with Crippen LogP contribution < -0.4 is 14.8 Å². The van der Waals surface area contributed by atoms with E-state index >= 15 is 0 Å². The maximum atomic E-state index is 13.4. The van der Waals surface area contributed by atoms with Crippen molar-refractivity contribution in [2.75, 3.05) is 23.6 Å². The van der Waals surface area contributed by atoms with Crippen molar-refractivity contribution in [3.05, 3.63) is 41.2 Å². The molecule has 2 aromatic heterocycles. The van der Waals surface area contributed by atoms with Gasteiger partial charge < -0.3 is 14.8 Å². The van der Waals surface area contributed by atoms with Crippen LogP contribution in [-0.4, -0.2) is 47.4 Å². The summed E-state index contributed by atoms with van der Waals surface area (Å²) in [5.41, 5.74) is 3.21. The minimum Gasteiger partial charge on any atom is -0.454 e. The van der Waals surface area contributed by atoms with Gasteiger partial charge in [-0.2, -0.15) is 5.10 Å². The Hall–Kier alpha value is -3.14. The Balaban J connectivity index is 1.42. The topological polar surface area (TPSA) is 112 Å². The van der Waals surface area contributed by atoms with E-state index in [1.54, 1.807) is 22.9 Å². The Morgan fingerprint density at radius 1 is 1.16 bits per heavy atom.